The van der Waals surface area contributed by atoms with Crippen LogP contribution in [-0.4, -0.2) is 47.7 Å². The van der Waals surface area contributed by atoms with Gasteiger partial charge < -0.3 is 24.1 Å². The average molecular weight is 283 g/mol. The summed E-state index contributed by atoms with van der Waals surface area (Å²) in [7, 11) is 0. The molecule has 6 heteroatoms. The summed E-state index contributed by atoms with van der Waals surface area (Å²) in [6, 6.07) is 1.93. The van der Waals surface area contributed by atoms with E-state index in [1.54, 1.807) is 33.8 Å². The van der Waals surface area contributed by atoms with Crippen molar-refractivity contribution in [2.75, 3.05) is 6.61 Å². The molecule has 112 valence electrons. The Bertz CT molecular complexity index is 426. The van der Waals surface area contributed by atoms with E-state index in [1.165, 1.54) is 6.08 Å². The lowest BCUT2D eigenvalue weighted by atomic mass is 10.0. The average Bonchev–Trinajstić information content (AvgIpc) is 2.65. The van der Waals surface area contributed by atoms with E-state index in [9.17, 15) is 5.11 Å². The maximum absolute atomic E-state index is 10.1. The van der Waals surface area contributed by atoms with Crippen LogP contribution in [0.3, 0.4) is 0 Å². The number of rotatable bonds is 2. The van der Waals surface area contributed by atoms with E-state index < -0.39 is 36.0 Å². The summed E-state index contributed by atoms with van der Waals surface area (Å²) < 4.78 is 22.8. The summed E-state index contributed by atoms with van der Waals surface area (Å²) in [6.45, 7) is 7.32. The standard InChI is InChI=1S/C14H21NO5/c1-13(2)17-8-9(16)11(19-13)12-10(6-5-7-15)18-14(3,4)20-12/h5-6,9-12,16H,8H2,1-4H3/t9?,10?,11-,12?/m1/s1. The van der Waals surface area contributed by atoms with E-state index in [2.05, 4.69) is 0 Å². The van der Waals surface area contributed by atoms with Crippen LogP contribution in [0.25, 0.3) is 0 Å². The van der Waals surface area contributed by atoms with Crippen LogP contribution in [-0.2, 0) is 18.9 Å². The molecule has 0 spiro atoms. The molecule has 2 heterocycles. The van der Waals surface area contributed by atoms with Crippen molar-refractivity contribution < 1.29 is 24.1 Å². The molecule has 3 unspecified atom stereocenters. The number of nitrogens with zero attached hydrogens (tertiary/aromatic N) is 1. The number of allylic oxidation sites excluding steroid dienone is 1. The van der Waals surface area contributed by atoms with E-state index in [0.29, 0.717) is 0 Å². The molecule has 2 aliphatic heterocycles. The van der Waals surface area contributed by atoms with Crippen LogP contribution in [0.2, 0.25) is 0 Å². The second-order valence-electron chi connectivity index (χ2n) is 5.91. The van der Waals surface area contributed by atoms with E-state index in [1.807, 2.05) is 6.07 Å². The monoisotopic (exact) mass is 283 g/mol. The summed E-state index contributed by atoms with van der Waals surface area (Å²) in [5.74, 6) is -1.58. The normalized spacial score (nSPS) is 39.8. The second kappa shape index (κ2) is 5.43. The highest BCUT2D eigenvalue weighted by Gasteiger charge is 2.50. The first-order valence-electron chi connectivity index (χ1n) is 6.66. The Balaban J connectivity index is 2.19. The molecule has 0 bridgehead atoms. The van der Waals surface area contributed by atoms with Crippen molar-refractivity contribution in [2.45, 2.75) is 63.7 Å². The zero-order chi connectivity index (χ0) is 15.0. The van der Waals surface area contributed by atoms with Gasteiger partial charge in [0.05, 0.1) is 12.7 Å². The first kappa shape index (κ1) is 15.4. The molecule has 0 aromatic carbocycles. The van der Waals surface area contributed by atoms with Crippen molar-refractivity contribution in [2.24, 2.45) is 0 Å². The van der Waals surface area contributed by atoms with Crippen molar-refractivity contribution in [3.8, 4) is 6.07 Å². The van der Waals surface area contributed by atoms with Crippen LogP contribution in [0.1, 0.15) is 27.7 Å². The molecule has 0 amide bonds. The van der Waals surface area contributed by atoms with E-state index >= 15 is 0 Å². The fourth-order valence-electron chi connectivity index (χ4n) is 2.47. The van der Waals surface area contributed by atoms with Gasteiger partial charge >= 0.3 is 0 Å². The van der Waals surface area contributed by atoms with Gasteiger partial charge in [-0.25, -0.2) is 0 Å². The van der Waals surface area contributed by atoms with Crippen LogP contribution in [0.15, 0.2) is 12.2 Å². The molecule has 1 N–H and O–H groups in total. The fourth-order valence-corrected chi connectivity index (χ4v) is 2.47. The highest BCUT2D eigenvalue weighted by Crippen LogP contribution is 2.36. The molecule has 4 atom stereocenters. The van der Waals surface area contributed by atoms with Crippen molar-refractivity contribution in [1.29, 1.82) is 5.26 Å². The van der Waals surface area contributed by atoms with E-state index in [-0.39, 0.29) is 6.61 Å². The number of hydrogen-bond donors (Lipinski definition) is 1. The summed E-state index contributed by atoms with van der Waals surface area (Å²) in [5, 5.41) is 18.8. The number of ether oxygens (including phenoxy) is 4. The first-order valence-corrected chi connectivity index (χ1v) is 6.66. The third-order valence-electron chi connectivity index (χ3n) is 3.25. The van der Waals surface area contributed by atoms with Crippen molar-refractivity contribution >= 4 is 0 Å². The Kier molecular flexibility index (Phi) is 4.19. The summed E-state index contributed by atoms with van der Waals surface area (Å²) in [5.41, 5.74) is 0. The summed E-state index contributed by atoms with van der Waals surface area (Å²) >= 11 is 0. The molecular formula is C14H21NO5. The molecule has 6 nitrogen and oxygen atoms in total. The SMILES string of the molecule is CC1(C)OC(C=CC#N)C([C@@H]2OC(C)(C)OCC2O)O1. The molecule has 0 saturated carbocycles. The Morgan fingerprint density at radius 1 is 1.10 bits per heavy atom. The van der Waals surface area contributed by atoms with Gasteiger partial charge in [0.15, 0.2) is 11.6 Å². The zero-order valence-corrected chi connectivity index (χ0v) is 12.2. The quantitative estimate of drug-likeness (QED) is 0.764. The lowest BCUT2D eigenvalue weighted by Crippen LogP contribution is -2.55. The number of hydrogen-bond acceptors (Lipinski definition) is 6. The van der Waals surface area contributed by atoms with E-state index in [4.69, 9.17) is 24.2 Å². The first-order chi connectivity index (χ1) is 9.24. The van der Waals surface area contributed by atoms with Crippen molar-refractivity contribution in [3.63, 3.8) is 0 Å². The Labute approximate surface area is 118 Å². The number of aliphatic hydroxyl groups is 1. The minimum absolute atomic E-state index is 0.173. The van der Waals surface area contributed by atoms with Gasteiger partial charge in [-0.3, -0.25) is 0 Å². The lowest BCUT2D eigenvalue weighted by molar-refractivity contribution is -0.322. The molecule has 0 aliphatic carbocycles. The third-order valence-corrected chi connectivity index (χ3v) is 3.25. The predicted octanol–water partition coefficient (Wildman–Crippen LogP) is 1.10. The van der Waals surface area contributed by atoms with Crippen LogP contribution in [0.4, 0.5) is 0 Å². The van der Waals surface area contributed by atoms with Crippen molar-refractivity contribution in [3.05, 3.63) is 12.2 Å². The maximum Gasteiger partial charge on any atom is 0.164 e. The lowest BCUT2D eigenvalue weighted by Gasteiger charge is -2.41. The molecule has 0 aromatic heterocycles. The Morgan fingerprint density at radius 2 is 1.75 bits per heavy atom. The molecular weight excluding hydrogens is 262 g/mol. The molecule has 0 radical (unpaired) electrons. The molecule has 2 aliphatic rings. The second-order valence-corrected chi connectivity index (χ2v) is 5.91. The van der Waals surface area contributed by atoms with Crippen LogP contribution in [0.5, 0.6) is 0 Å². The summed E-state index contributed by atoms with van der Waals surface area (Å²) in [6.07, 6.45) is 0.653. The minimum Gasteiger partial charge on any atom is -0.388 e. The van der Waals surface area contributed by atoms with Gasteiger partial charge in [0, 0.05) is 6.08 Å². The maximum atomic E-state index is 10.1. The van der Waals surface area contributed by atoms with Gasteiger partial charge in [0.25, 0.3) is 0 Å². The predicted molar refractivity (Wildman–Crippen MR) is 69.5 cm³/mol. The zero-order valence-electron chi connectivity index (χ0n) is 12.2. The van der Waals surface area contributed by atoms with E-state index in [0.717, 1.165) is 0 Å². The van der Waals surface area contributed by atoms with Gasteiger partial charge in [-0.1, -0.05) is 0 Å². The Hall–Kier alpha value is -0.970. The topological polar surface area (TPSA) is 80.9 Å². The van der Waals surface area contributed by atoms with Crippen molar-refractivity contribution in [1.82, 2.24) is 0 Å². The van der Waals surface area contributed by atoms with Gasteiger partial charge in [0.1, 0.15) is 24.4 Å². The Morgan fingerprint density at radius 3 is 2.40 bits per heavy atom. The minimum atomic E-state index is -0.802. The largest absolute Gasteiger partial charge is 0.388 e. The van der Waals surface area contributed by atoms with Gasteiger partial charge in [-0.15, -0.1) is 0 Å². The molecule has 2 fully saturated rings. The molecule has 0 aromatic rings. The number of aliphatic hydroxyl groups excluding tert-OH is 1. The highest BCUT2D eigenvalue weighted by atomic mass is 16.8. The molecule has 2 saturated heterocycles. The van der Waals surface area contributed by atoms with Crippen LogP contribution >= 0.6 is 0 Å². The van der Waals surface area contributed by atoms with Crippen LogP contribution < -0.4 is 0 Å². The molecule has 2 rings (SSSR count). The fraction of sp³-hybridized carbons (Fsp3) is 0.786. The molecule has 20 heavy (non-hydrogen) atoms. The van der Waals surface area contributed by atoms with Gasteiger partial charge in [-0.05, 0) is 33.8 Å². The van der Waals surface area contributed by atoms with Gasteiger partial charge in [0.2, 0.25) is 0 Å². The van der Waals surface area contributed by atoms with Gasteiger partial charge in [-0.2, -0.15) is 5.26 Å². The third kappa shape index (κ3) is 3.37. The summed E-state index contributed by atoms with van der Waals surface area (Å²) in [4.78, 5) is 0. The highest BCUT2D eigenvalue weighted by molar-refractivity contribution is 5.10. The van der Waals surface area contributed by atoms with Crippen LogP contribution in [0, 0.1) is 11.3 Å². The smallest absolute Gasteiger partial charge is 0.164 e. The number of nitriles is 1.